The van der Waals surface area contributed by atoms with Crippen LogP contribution in [-0.4, -0.2) is 5.11 Å². The van der Waals surface area contributed by atoms with Crippen LogP contribution >= 0.6 is 38.6 Å². The van der Waals surface area contributed by atoms with Crippen LogP contribution < -0.4 is 0 Å². The molecule has 0 radical (unpaired) electrons. The lowest BCUT2D eigenvalue weighted by molar-refractivity contribution is 0.182. The van der Waals surface area contributed by atoms with Crippen molar-refractivity contribution in [2.45, 2.75) is 12.5 Å². The van der Waals surface area contributed by atoms with E-state index in [9.17, 15) is 5.11 Å². The molecule has 0 saturated carbocycles. The number of thiophene rings is 2. The molecule has 0 bridgehead atoms. The zero-order valence-corrected chi connectivity index (χ0v) is 12.7. The van der Waals surface area contributed by atoms with Crippen molar-refractivity contribution in [2.24, 2.45) is 0 Å². The largest absolute Gasteiger partial charge is 0.387 e. The summed E-state index contributed by atoms with van der Waals surface area (Å²) in [6.07, 6.45) is 0.261. The lowest BCUT2D eigenvalue weighted by atomic mass is 10.1. The van der Waals surface area contributed by atoms with Gasteiger partial charge in [-0.05, 0) is 35.2 Å². The first-order valence-corrected chi connectivity index (χ1v) is 8.11. The Bertz CT molecular complexity index is 625. The van der Waals surface area contributed by atoms with Crippen LogP contribution in [0.15, 0.2) is 46.3 Å². The summed E-state index contributed by atoms with van der Waals surface area (Å²) in [5.41, 5.74) is 1.16. The molecule has 1 N–H and O–H groups in total. The minimum absolute atomic E-state index is 0.407. The highest BCUT2D eigenvalue weighted by molar-refractivity contribution is 9.10. The molecule has 3 rings (SSSR count). The van der Waals surface area contributed by atoms with Gasteiger partial charge in [0.05, 0.1) is 6.10 Å². The maximum Gasteiger partial charge on any atom is 0.0922 e. The molecule has 18 heavy (non-hydrogen) atoms. The number of hydrogen-bond acceptors (Lipinski definition) is 3. The van der Waals surface area contributed by atoms with E-state index in [4.69, 9.17) is 0 Å². The molecule has 0 aliphatic rings. The van der Waals surface area contributed by atoms with E-state index in [1.807, 2.05) is 24.3 Å². The molecule has 1 aromatic carbocycles. The number of hydrogen-bond donors (Lipinski definition) is 1. The highest BCUT2D eigenvalue weighted by Gasteiger charge is 2.12. The van der Waals surface area contributed by atoms with Gasteiger partial charge in [-0.25, -0.2) is 0 Å². The van der Waals surface area contributed by atoms with Crippen molar-refractivity contribution in [3.05, 3.63) is 56.7 Å². The summed E-state index contributed by atoms with van der Waals surface area (Å²) in [4.78, 5) is 1.06. The van der Waals surface area contributed by atoms with Gasteiger partial charge < -0.3 is 5.11 Å². The monoisotopic (exact) mass is 338 g/mol. The Hall–Kier alpha value is -0.680. The first-order chi connectivity index (χ1) is 8.72. The molecule has 4 heteroatoms. The van der Waals surface area contributed by atoms with Crippen LogP contribution in [0, 0.1) is 0 Å². The topological polar surface area (TPSA) is 20.2 Å². The maximum atomic E-state index is 10.3. The van der Waals surface area contributed by atoms with E-state index in [0.29, 0.717) is 6.42 Å². The summed E-state index contributed by atoms with van der Waals surface area (Å²) >= 11 is 6.83. The van der Waals surface area contributed by atoms with Gasteiger partial charge in [-0.3, -0.25) is 0 Å². The number of halogens is 1. The fraction of sp³-hybridized carbons (Fsp3) is 0.143. The first-order valence-electron chi connectivity index (χ1n) is 5.62. The normalized spacial score (nSPS) is 13.0. The number of rotatable bonds is 3. The van der Waals surface area contributed by atoms with E-state index in [-0.39, 0.29) is 0 Å². The molecule has 2 aromatic heterocycles. The second-order valence-electron chi connectivity index (χ2n) is 4.14. The molecule has 0 aliphatic carbocycles. The van der Waals surface area contributed by atoms with E-state index in [1.54, 1.807) is 22.7 Å². The van der Waals surface area contributed by atoms with E-state index in [1.165, 1.54) is 9.40 Å². The van der Waals surface area contributed by atoms with Crippen molar-refractivity contribution in [3.63, 3.8) is 0 Å². The molecular formula is C14H11BrOS2. The predicted molar refractivity (Wildman–Crippen MR) is 82.5 cm³/mol. The van der Waals surface area contributed by atoms with Gasteiger partial charge in [0.15, 0.2) is 0 Å². The van der Waals surface area contributed by atoms with Crippen LogP contribution in [0.1, 0.15) is 16.5 Å². The molecule has 0 amide bonds. The van der Waals surface area contributed by atoms with Gasteiger partial charge in [0.2, 0.25) is 0 Å². The van der Waals surface area contributed by atoms with Crippen LogP contribution in [0.4, 0.5) is 0 Å². The second-order valence-corrected chi connectivity index (χ2v) is 7.12. The summed E-state index contributed by atoms with van der Waals surface area (Å²) in [7, 11) is 0. The molecule has 1 nitrogen and oxygen atoms in total. The second kappa shape index (κ2) is 5.13. The Morgan fingerprint density at radius 3 is 2.61 bits per heavy atom. The average Bonchev–Trinajstić information content (AvgIpc) is 2.92. The van der Waals surface area contributed by atoms with Gasteiger partial charge in [-0.1, -0.05) is 28.1 Å². The Balaban J connectivity index is 1.80. The number of fused-ring (bicyclic) bond motifs is 1. The van der Waals surface area contributed by atoms with E-state index in [2.05, 4.69) is 33.4 Å². The minimum Gasteiger partial charge on any atom is -0.387 e. The van der Waals surface area contributed by atoms with Gasteiger partial charge >= 0.3 is 0 Å². The molecule has 0 saturated heterocycles. The first kappa shape index (κ1) is 12.4. The number of aliphatic hydroxyl groups excluding tert-OH is 1. The highest BCUT2D eigenvalue weighted by Crippen LogP contribution is 2.34. The van der Waals surface area contributed by atoms with Gasteiger partial charge in [0.1, 0.15) is 0 Å². The standard InChI is InChI=1S/C14H11BrOS2/c15-10-3-1-9(2-4-10)7-11(16)13-8-14-12(18-13)5-6-17-14/h1-6,8,11,16H,7H2. The summed E-state index contributed by atoms with van der Waals surface area (Å²) in [6, 6.07) is 12.3. The quantitative estimate of drug-likeness (QED) is 0.712. The third-order valence-electron chi connectivity index (χ3n) is 2.83. The smallest absolute Gasteiger partial charge is 0.0922 e. The van der Waals surface area contributed by atoms with Crippen LogP contribution in [0.25, 0.3) is 9.40 Å². The summed E-state index contributed by atoms with van der Waals surface area (Å²) in [6.45, 7) is 0. The van der Waals surface area contributed by atoms with E-state index >= 15 is 0 Å². The Kier molecular flexibility index (Phi) is 3.52. The third kappa shape index (κ3) is 2.52. The SMILES string of the molecule is OC(Cc1ccc(Br)cc1)c1cc2sccc2s1. The van der Waals surface area contributed by atoms with Crippen LogP contribution in [0.5, 0.6) is 0 Å². The van der Waals surface area contributed by atoms with Crippen LogP contribution in [-0.2, 0) is 6.42 Å². The summed E-state index contributed by atoms with van der Waals surface area (Å²) in [5, 5.41) is 12.4. The lowest BCUT2D eigenvalue weighted by Gasteiger charge is -2.08. The lowest BCUT2D eigenvalue weighted by Crippen LogP contribution is -1.99. The number of benzene rings is 1. The van der Waals surface area contributed by atoms with E-state index < -0.39 is 6.10 Å². The predicted octanol–water partition coefficient (Wildman–Crippen LogP) is 5.00. The Morgan fingerprint density at radius 2 is 1.89 bits per heavy atom. The van der Waals surface area contributed by atoms with Crippen molar-refractivity contribution in [2.75, 3.05) is 0 Å². The molecule has 0 aliphatic heterocycles. The van der Waals surface area contributed by atoms with Crippen molar-refractivity contribution in [1.82, 2.24) is 0 Å². The van der Waals surface area contributed by atoms with Gasteiger partial charge in [0, 0.05) is 25.2 Å². The fourth-order valence-electron chi connectivity index (χ4n) is 1.89. The zero-order chi connectivity index (χ0) is 12.5. The van der Waals surface area contributed by atoms with E-state index in [0.717, 1.165) is 14.9 Å². The third-order valence-corrected chi connectivity index (χ3v) is 5.55. The minimum atomic E-state index is -0.407. The molecule has 1 atom stereocenters. The van der Waals surface area contributed by atoms with Gasteiger partial charge in [-0.15, -0.1) is 22.7 Å². The number of aliphatic hydroxyl groups is 1. The molecule has 1 unspecified atom stereocenters. The fourth-order valence-corrected chi connectivity index (χ4v) is 4.26. The highest BCUT2D eigenvalue weighted by atomic mass is 79.9. The maximum absolute atomic E-state index is 10.3. The summed E-state index contributed by atoms with van der Waals surface area (Å²) in [5.74, 6) is 0. The van der Waals surface area contributed by atoms with Crippen LogP contribution in [0.2, 0.25) is 0 Å². The summed E-state index contributed by atoms with van der Waals surface area (Å²) < 4.78 is 3.60. The molecule has 2 heterocycles. The van der Waals surface area contributed by atoms with Gasteiger partial charge in [-0.2, -0.15) is 0 Å². The molecule has 0 fully saturated rings. The van der Waals surface area contributed by atoms with Crippen molar-refractivity contribution >= 4 is 48.0 Å². The molecular weight excluding hydrogens is 328 g/mol. The van der Waals surface area contributed by atoms with Crippen LogP contribution in [0.3, 0.4) is 0 Å². The molecule has 92 valence electrons. The van der Waals surface area contributed by atoms with Crippen molar-refractivity contribution < 1.29 is 5.11 Å². The Labute approximate surface area is 122 Å². The van der Waals surface area contributed by atoms with Crippen molar-refractivity contribution in [1.29, 1.82) is 0 Å². The molecule has 3 aromatic rings. The molecule has 0 spiro atoms. The van der Waals surface area contributed by atoms with Crippen molar-refractivity contribution in [3.8, 4) is 0 Å². The Morgan fingerprint density at radius 1 is 1.11 bits per heavy atom. The zero-order valence-electron chi connectivity index (χ0n) is 9.47. The average molecular weight is 339 g/mol. The van der Waals surface area contributed by atoms with Gasteiger partial charge in [0.25, 0.3) is 0 Å².